The Hall–Kier alpha value is -1.98. The molecule has 146 valence electrons. The van der Waals surface area contributed by atoms with E-state index in [0.29, 0.717) is 6.42 Å². The van der Waals surface area contributed by atoms with E-state index < -0.39 is 19.2 Å². The number of carbonyl (C=O) groups is 1. The molecule has 0 spiro atoms. The van der Waals surface area contributed by atoms with E-state index in [2.05, 4.69) is 0 Å². The Balaban J connectivity index is 2.04. The SMILES string of the molecule is CCC(C)(C)C(=O)OOP(=O)(OCc1ccccc1)OCc1ccccc1. The summed E-state index contributed by atoms with van der Waals surface area (Å²) in [5.41, 5.74) is 0.790. The summed E-state index contributed by atoms with van der Waals surface area (Å²) in [5, 5.41) is 0. The zero-order valence-corrected chi connectivity index (χ0v) is 16.7. The van der Waals surface area contributed by atoms with Crippen molar-refractivity contribution in [2.75, 3.05) is 0 Å². The van der Waals surface area contributed by atoms with Crippen LogP contribution in [-0.2, 0) is 41.2 Å². The minimum Gasteiger partial charge on any atom is -0.287 e. The molecule has 0 unspecified atom stereocenters. The molecule has 0 saturated heterocycles. The Labute approximate surface area is 160 Å². The van der Waals surface area contributed by atoms with Gasteiger partial charge in [0.25, 0.3) is 0 Å². The number of phosphoric acid groups is 1. The van der Waals surface area contributed by atoms with E-state index in [1.54, 1.807) is 13.8 Å². The average Bonchev–Trinajstić information content (AvgIpc) is 2.70. The molecule has 2 rings (SSSR count). The van der Waals surface area contributed by atoms with Gasteiger partial charge in [-0.2, -0.15) is 0 Å². The fourth-order valence-electron chi connectivity index (χ4n) is 1.87. The third-order valence-electron chi connectivity index (χ3n) is 4.11. The van der Waals surface area contributed by atoms with Crippen LogP contribution in [0.15, 0.2) is 60.7 Å². The Morgan fingerprint density at radius 3 is 1.74 bits per heavy atom. The van der Waals surface area contributed by atoms with Crippen molar-refractivity contribution < 1.29 is 28.0 Å². The summed E-state index contributed by atoms with van der Waals surface area (Å²) >= 11 is 0. The van der Waals surface area contributed by atoms with Crippen molar-refractivity contribution in [2.24, 2.45) is 5.41 Å². The first-order chi connectivity index (χ1) is 12.8. The smallest absolute Gasteiger partial charge is 0.287 e. The third kappa shape index (κ3) is 6.92. The van der Waals surface area contributed by atoms with Crippen LogP contribution in [0.4, 0.5) is 0 Å². The predicted molar refractivity (Wildman–Crippen MR) is 101 cm³/mol. The molecule has 0 aliphatic carbocycles. The van der Waals surface area contributed by atoms with Crippen molar-refractivity contribution in [3.63, 3.8) is 0 Å². The summed E-state index contributed by atoms with van der Waals surface area (Å²) in [4.78, 5) is 16.9. The average molecular weight is 392 g/mol. The second kappa shape index (κ2) is 9.81. The van der Waals surface area contributed by atoms with Crippen molar-refractivity contribution in [1.29, 1.82) is 0 Å². The van der Waals surface area contributed by atoms with Crippen LogP contribution in [0.2, 0.25) is 0 Å². The standard InChI is InChI=1S/C20H25O6P/c1-4-20(2,3)19(21)25-26-27(22,23-15-17-11-7-5-8-12-17)24-16-18-13-9-6-10-14-18/h5-14H,4,15-16H2,1-3H3. The zero-order chi connectivity index (χ0) is 19.8. The van der Waals surface area contributed by atoms with Crippen LogP contribution in [0.1, 0.15) is 38.3 Å². The van der Waals surface area contributed by atoms with E-state index in [0.717, 1.165) is 11.1 Å². The number of benzene rings is 2. The first-order valence-corrected chi connectivity index (χ1v) is 10.2. The third-order valence-corrected chi connectivity index (χ3v) is 5.25. The lowest BCUT2D eigenvalue weighted by molar-refractivity contribution is -0.235. The Kier molecular flexibility index (Phi) is 7.75. The molecule has 0 aromatic heterocycles. The molecule has 0 fully saturated rings. The van der Waals surface area contributed by atoms with Crippen LogP contribution < -0.4 is 0 Å². The molecule has 2 aromatic carbocycles. The topological polar surface area (TPSA) is 71.1 Å². The van der Waals surface area contributed by atoms with Gasteiger partial charge >= 0.3 is 13.8 Å². The monoisotopic (exact) mass is 392 g/mol. The van der Waals surface area contributed by atoms with Gasteiger partial charge in [0, 0.05) is 0 Å². The number of rotatable bonds is 10. The lowest BCUT2D eigenvalue weighted by atomic mass is 9.91. The van der Waals surface area contributed by atoms with Gasteiger partial charge in [0.1, 0.15) is 0 Å². The molecule has 0 bridgehead atoms. The Morgan fingerprint density at radius 2 is 1.33 bits per heavy atom. The summed E-state index contributed by atoms with van der Waals surface area (Å²) in [6.45, 7) is 5.24. The van der Waals surface area contributed by atoms with Crippen LogP contribution in [-0.4, -0.2) is 5.97 Å². The van der Waals surface area contributed by atoms with Gasteiger partial charge in [-0.15, -0.1) is 0 Å². The lowest BCUT2D eigenvalue weighted by Crippen LogP contribution is -2.25. The predicted octanol–water partition coefficient (Wildman–Crippen LogP) is 5.44. The highest BCUT2D eigenvalue weighted by Gasteiger charge is 2.35. The van der Waals surface area contributed by atoms with E-state index in [4.69, 9.17) is 18.6 Å². The van der Waals surface area contributed by atoms with E-state index in [9.17, 15) is 9.36 Å². The highest BCUT2D eigenvalue weighted by molar-refractivity contribution is 7.48. The van der Waals surface area contributed by atoms with E-state index in [1.165, 1.54) is 0 Å². The van der Waals surface area contributed by atoms with Crippen molar-refractivity contribution in [2.45, 2.75) is 40.4 Å². The summed E-state index contributed by atoms with van der Waals surface area (Å²) in [6, 6.07) is 18.3. The fraction of sp³-hybridized carbons (Fsp3) is 0.350. The minimum absolute atomic E-state index is 0.0123. The normalized spacial score (nSPS) is 12.0. The summed E-state index contributed by atoms with van der Waals surface area (Å²) < 4.78 is 28.6. The summed E-state index contributed by atoms with van der Waals surface area (Å²) in [7, 11) is -4.13. The minimum atomic E-state index is -4.13. The van der Waals surface area contributed by atoms with Gasteiger partial charge in [0.2, 0.25) is 0 Å². The maximum Gasteiger partial charge on any atom is 0.511 e. The molecule has 0 heterocycles. The zero-order valence-electron chi connectivity index (χ0n) is 15.8. The molecule has 0 aliphatic heterocycles. The molecule has 2 aromatic rings. The second-order valence-corrected chi connectivity index (χ2v) is 8.21. The number of carbonyl (C=O) groups excluding carboxylic acids is 1. The van der Waals surface area contributed by atoms with Gasteiger partial charge < -0.3 is 0 Å². The first kappa shape index (κ1) is 21.3. The molecule has 0 aliphatic rings. The van der Waals surface area contributed by atoms with Crippen LogP contribution in [0.25, 0.3) is 0 Å². The highest BCUT2D eigenvalue weighted by Crippen LogP contribution is 2.51. The molecule has 0 saturated carbocycles. The van der Waals surface area contributed by atoms with Gasteiger partial charge in [0.05, 0.1) is 18.6 Å². The number of hydrogen-bond donors (Lipinski definition) is 0. The molecular formula is C20H25O6P. The van der Waals surface area contributed by atoms with Gasteiger partial charge in [-0.3, -0.25) is 13.9 Å². The van der Waals surface area contributed by atoms with Crippen LogP contribution >= 0.6 is 7.82 Å². The molecule has 0 atom stereocenters. The van der Waals surface area contributed by atoms with Crippen molar-refractivity contribution in [3.05, 3.63) is 71.8 Å². The van der Waals surface area contributed by atoms with E-state index in [-0.39, 0.29) is 13.2 Å². The molecule has 7 heteroatoms. The molecule has 0 amide bonds. The maximum atomic E-state index is 12.9. The fourth-order valence-corrected chi connectivity index (χ4v) is 2.81. The second-order valence-electron chi connectivity index (χ2n) is 6.65. The summed E-state index contributed by atoms with van der Waals surface area (Å²) in [6.07, 6.45) is 0.537. The first-order valence-electron chi connectivity index (χ1n) is 8.72. The molecule has 0 N–H and O–H groups in total. The van der Waals surface area contributed by atoms with Crippen LogP contribution in [0.3, 0.4) is 0 Å². The largest absolute Gasteiger partial charge is 0.511 e. The number of hydrogen-bond acceptors (Lipinski definition) is 6. The van der Waals surface area contributed by atoms with Crippen molar-refractivity contribution in [3.8, 4) is 0 Å². The molecule has 27 heavy (non-hydrogen) atoms. The van der Waals surface area contributed by atoms with Crippen molar-refractivity contribution >= 4 is 13.8 Å². The Morgan fingerprint density at radius 1 is 0.889 bits per heavy atom. The summed E-state index contributed by atoms with van der Waals surface area (Å²) in [5.74, 6) is -0.642. The van der Waals surface area contributed by atoms with E-state index >= 15 is 0 Å². The van der Waals surface area contributed by atoms with E-state index in [1.807, 2.05) is 67.6 Å². The number of phosphoric ester groups is 1. The van der Waals surface area contributed by atoms with Crippen LogP contribution in [0.5, 0.6) is 0 Å². The molecule has 0 radical (unpaired) electrons. The van der Waals surface area contributed by atoms with Gasteiger partial charge in [0.15, 0.2) is 0 Å². The lowest BCUT2D eigenvalue weighted by Gasteiger charge is -2.21. The van der Waals surface area contributed by atoms with Gasteiger partial charge in [-0.05, 0) is 31.4 Å². The molecular weight excluding hydrogens is 367 g/mol. The van der Waals surface area contributed by atoms with Crippen LogP contribution in [0, 0.1) is 5.41 Å². The maximum absolute atomic E-state index is 12.9. The van der Waals surface area contributed by atoms with Gasteiger partial charge in [-0.25, -0.2) is 9.36 Å². The molecule has 6 nitrogen and oxygen atoms in total. The highest BCUT2D eigenvalue weighted by atomic mass is 31.2. The quantitative estimate of drug-likeness (QED) is 0.305. The Bertz CT molecular complexity index is 713. The van der Waals surface area contributed by atoms with Gasteiger partial charge in [-0.1, -0.05) is 72.3 Å². The van der Waals surface area contributed by atoms with Crippen molar-refractivity contribution in [1.82, 2.24) is 0 Å².